The molecule has 1 fully saturated rings. The van der Waals surface area contributed by atoms with Crippen molar-refractivity contribution in [2.24, 2.45) is 0 Å². The minimum Gasteiger partial charge on any atom is -0.444 e. The van der Waals surface area contributed by atoms with Crippen molar-refractivity contribution in [2.45, 2.75) is 45.3 Å². The van der Waals surface area contributed by atoms with Crippen LogP contribution >= 0.6 is 12.6 Å². The van der Waals surface area contributed by atoms with E-state index in [4.69, 9.17) is 4.74 Å². The lowest BCUT2D eigenvalue weighted by molar-refractivity contribution is -0.119. The van der Waals surface area contributed by atoms with Gasteiger partial charge in [-0.2, -0.15) is 12.6 Å². The summed E-state index contributed by atoms with van der Waals surface area (Å²) in [6, 6.07) is 0.00548. The standard InChI is InChI=1S/C12H22N2O3S/c1-12(2,3)17-11(16)14-6-4-5-9(7-14)13-10(15)8-18/h9,18H,4-8H2,1-3H3,(H,13,15)/t9-/m1/s1. The fourth-order valence-electron chi connectivity index (χ4n) is 1.86. The molecule has 2 amide bonds. The summed E-state index contributed by atoms with van der Waals surface area (Å²) in [6.07, 6.45) is 1.45. The van der Waals surface area contributed by atoms with Crippen molar-refractivity contribution in [1.29, 1.82) is 0 Å². The summed E-state index contributed by atoms with van der Waals surface area (Å²) in [5, 5.41) is 2.85. The number of piperidine rings is 1. The molecule has 1 heterocycles. The molecule has 1 atom stereocenters. The smallest absolute Gasteiger partial charge is 0.410 e. The lowest BCUT2D eigenvalue weighted by Gasteiger charge is -2.34. The Kier molecular flexibility index (Phi) is 5.31. The zero-order chi connectivity index (χ0) is 13.8. The molecule has 0 radical (unpaired) electrons. The average Bonchev–Trinajstić information content (AvgIpc) is 2.27. The fourth-order valence-corrected chi connectivity index (χ4v) is 1.95. The number of hydrogen-bond acceptors (Lipinski definition) is 4. The van der Waals surface area contributed by atoms with Crippen molar-refractivity contribution in [3.8, 4) is 0 Å². The molecule has 0 saturated carbocycles. The Morgan fingerprint density at radius 2 is 2.11 bits per heavy atom. The molecule has 1 saturated heterocycles. The summed E-state index contributed by atoms with van der Waals surface area (Å²) >= 11 is 3.92. The van der Waals surface area contributed by atoms with E-state index in [1.165, 1.54) is 0 Å². The third kappa shape index (κ3) is 5.16. The van der Waals surface area contributed by atoms with Gasteiger partial charge in [0.05, 0.1) is 5.75 Å². The summed E-state index contributed by atoms with van der Waals surface area (Å²) in [5.41, 5.74) is -0.488. The van der Waals surface area contributed by atoms with Crippen LogP contribution in [-0.2, 0) is 9.53 Å². The molecule has 18 heavy (non-hydrogen) atoms. The molecule has 0 aliphatic carbocycles. The summed E-state index contributed by atoms with van der Waals surface area (Å²) in [7, 11) is 0. The van der Waals surface area contributed by atoms with Gasteiger partial charge >= 0.3 is 6.09 Å². The third-order valence-corrected chi connectivity index (χ3v) is 2.87. The molecule has 1 aliphatic heterocycles. The number of amides is 2. The second-order valence-corrected chi connectivity index (χ2v) is 5.81. The molecular formula is C12H22N2O3S. The van der Waals surface area contributed by atoms with Gasteiger partial charge in [0.2, 0.25) is 5.91 Å². The Bertz CT molecular complexity index is 315. The van der Waals surface area contributed by atoms with E-state index in [-0.39, 0.29) is 23.8 Å². The third-order valence-electron chi connectivity index (χ3n) is 2.58. The molecule has 6 heteroatoms. The largest absolute Gasteiger partial charge is 0.444 e. The maximum Gasteiger partial charge on any atom is 0.410 e. The van der Waals surface area contributed by atoms with Gasteiger partial charge in [0.25, 0.3) is 0 Å². The van der Waals surface area contributed by atoms with Gasteiger partial charge in [-0.05, 0) is 33.6 Å². The van der Waals surface area contributed by atoms with E-state index in [0.29, 0.717) is 13.1 Å². The minimum atomic E-state index is -0.488. The molecule has 0 aromatic heterocycles. The first kappa shape index (κ1) is 15.1. The molecule has 1 aliphatic rings. The second kappa shape index (κ2) is 6.31. The molecular weight excluding hydrogens is 252 g/mol. The van der Waals surface area contributed by atoms with E-state index >= 15 is 0 Å². The monoisotopic (exact) mass is 274 g/mol. The van der Waals surface area contributed by atoms with Gasteiger partial charge in [-0.15, -0.1) is 0 Å². The number of likely N-dealkylation sites (tertiary alicyclic amines) is 1. The van der Waals surface area contributed by atoms with Gasteiger partial charge in [-0.1, -0.05) is 0 Å². The molecule has 0 bridgehead atoms. The molecule has 0 aromatic rings. The van der Waals surface area contributed by atoms with Gasteiger partial charge in [0.15, 0.2) is 0 Å². The van der Waals surface area contributed by atoms with Crippen LogP contribution in [0.4, 0.5) is 4.79 Å². The Morgan fingerprint density at radius 1 is 1.44 bits per heavy atom. The minimum absolute atomic E-state index is 0.00548. The number of thiol groups is 1. The normalized spacial score (nSPS) is 20.4. The van der Waals surface area contributed by atoms with Crippen molar-refractivity contribution in [2.75, 3.05) is 18.8 Å². The summed E-state index contributed by atoms with van der Waals surface area (Å²) in [5.74, 6) is 0.0671. The van der Waals surface area contributed by atoms with Crippen LogP contribution in [0.25, 0.3) is 0 Å². The summed E-state index contributed by atoms with van der Waals surface area (Å²) in [6.45, 7) is 6.72. The topological polar surface area (TPSA) is 58.6 Å². The Labute approximate surface area is 114 Å². The van der Waals surface area contributed by atoms with Crippen molar-refractivity contribution in [3.63, 3.8) is 0 Å². The second-order valence-electron chi connectivity index (χ2n) is 5.49. The maximum atomic E-state index is 11.9. The summed E-state index contributed by atoms with van der Waals surface area (Å²) < 4.78 is 5.32. The molecule has 0 spiro atoms. The van der Waals surface area contributed by atoms with Crippen LogP contribution in [0, 0.1) is 0 Å². The molecule has 1 N–H and O–H groups in total. The predicted molar refractivity (Wildman–Crippen MR) is 72.8 cm³/mol. The SMILES string of the molecule is CC(C)(C)OC(=O)N1CCC[C@@H](NC(=O)CS)C1. The van der Waals surface area contributed by atoms with E-state index in [1.54, 1.807) is 4.90 Å². The van der Waals surface area contributed by atoms with E-state index in [9.17, 15) is 9.59 Å². The maximum absolute atomic E-state index is 11.9. The fraction of sp³-hybridized carbons (Fsp3) is 0.833. The Balaban J connectivity index is 2.48. The lowest BCUT2D eigenvalue weighted by Crippen LogP contribution is -2.50. The molecule has 0 aromatic carbocycles. The summed E-state index contributed by atoms with van der Waals surface area (Å²) in [4.78, 5) is 24.8. The van der Waals surface area contributed by atoms with Crippen molar-refractivity contribution < 1.29 is 14.3 Å². The quantitative estimate of drug-likeness (QED) is 0.749. The highest BCUT2D eigenvalue weighted by Gasteiger charge is 2.27. The van der Waals surface area contributed by atoms with E-state index < -0.39 is 5.60 Å². The predicted octanol–water partition coefficient (Wildman–Crippen LogP) is 1.43. The van der Waals surface area contributed by atoms with Gasteiger partial charge in [-0.25, -0.2) is 4.79 Å². The Hall–Kier alpha value is -0.910. The van der Waals surface area contributed by atoms with Crippen LogP contribution < -0.4 is 5.32 Å². The van der Waals surface area contributed by atoms with E-state index in [1.807, 2.05) is 20.8 Å². The molecule has 1 rings (SSSR count). The van der Waals surface area contributed by atoms with Gasteiger partial charge in [0.1, 0.15) is 5.60 Å². The zero-order valence-corrected chi connectivity index (χ0v) is 12.1. The first-order valence-corrected chi connectivity index (χ1v) is 6.83. The highest BCUT2D eigenvalue weighted by atomic mass is 32.1. The zero-order valence-electron chi connectivity index (χ0n) is 11.2. The van der Waals surface area contributed by atoms with Crippen molar-refractivity contribution in [3.05, 3.63) is 0 Å². The molecule has 104 valence electrons. The molecule has 5 nitrogen and oxygen atoms in total. The number of ether oxygens (including phenoxy) is 1. The Morgan fingerprint density at radius 3 is 2.67 bits per heavy atom. The van der Waals surface area contributed by atoms with Crippen LogP contribution in [0.5, 0.6) is 0 Å². The van der Waals surface area contributed by atoms with E-state index in [0.717, 1.165) is 12.8 Å². The van der Waals surface area contributed by atoms with Gasteiger partial charge < -0.3 is 15.0 Å². The van der Waals surface area contributed by atoms with Crippen LogP contribution in [0.15, 0.2) is 0 Å². The van der Waals surface area contributed by atoms with Crippen molar-refractivity contribution >= 4 is 24.6 Å². The highest BCUT2D eigenvalue weighted by molar-refractivity contribution is 7.81. The average molecular weight is 274 g/mol. The van der Waals surface area contributed by atoms with Gasteiger partial charge in [-0.3, -0.25) is 4.79 Å². The van der Waals surface area contributed by atoms with Crippen LogP contribution in [0.1, 0.15) is 33.6 Å². The first-order chi connectivity index (χ1) is 8.31. The number of hydrogen-bond donors (Lipinski definition) is 2. The first-order valence-electron chi connectivity index (χ1n) is 6.20. The number of nitrogens with one attached hydrogen (secondary N) is 1. The number of rotatable bonds is 2. The van der Waals surface area contributed by atoms with Gasteiger partial charge in [0, 0.05) is 19.1 Å². The van der Waals surface area contributed by atoms with Crippen LogP contribution in [0.2, 0.25) is 0 Å². The van der Waals surface area contributed by atoms with Crippen LogP contribution in [-0.4, -0.2) is 47.4 Å². The lowest BCUT2D eigenvalue weighted by atomic mass is 10.1. The van der Waals surface area contributed by atoms with Crippen molar-refractivity contribution in [1.82, 2.24) is 10.2 Å². The van der Waals surface area contributed by atoms with Crippen LogP contribution in [0.3, 0.4) is 0 Å². The number of nitrogens with zero attached hydrogens (tertiary/aromatic N) is 1. The van der Waals surface area contributed by atoms with E-state index in [2.05, 4.69) is 17.9 Å². The molecule has 0 unspecified atom stereocenters. The number of carbonyl (C=O) groups excluding carboxylic acids is 2. The highest BCUT2D eigenvalue weighted by Crippen LogP contribution is 2.15. The number of carbonyl (C=O) groups is 2.